The molecular formula is C12H9Cl4N. The van der Waals surface area contributed by atoms with Gasteiger partial charge in [0.25, 0.3) is 0 Å². The molecule has 1 nitrogen and oxygen atoms in total. The van der Waals surface area contributed by atoms with Crippen molar-refractivity contribution in [1.82, 2.24) is 4.98 Å². The molecular weight excluding hydrogens is 300 g/mol. The Labute approximate surface area is 121 Å². The molecule has 1 heterocycles. The van der Waals surface area contributed by atoms with Crippen molar-refractivity contribution in [1.29, 1.82) is 0 Å². The Balaban J connectivity index is 0.00000144. The van der Waals surface area contributed by atoms with E-state index in [0.717, 1.165) is 16.7 Å². The maximum absolute atomic E-state index is 6.17. The molecule has 0 aliphatic carbocycles. The predicted octanol–water partition coefficient (Wildman–Crippen LogP) is 5.44. The molecule has 0 atom stereocenters. The summed E-state index contributed by atoms with van der Waals surface area (Å²) in [5.41, 5.74) is 2.93. The van der Waals surface area contributed by atoms with Gasteiger partial charge in [0.1, 0.15) is 0 Å². The monoisotopic (exact) mass is 307 g/mol. The molecule has 2 aromatic rings. The molecule has 0 fully saturated rings. The maximum Gasteiger partial charge on any atom is 0.0784 e. The lowest BCUT2D eigenvalue weighted by molar-refractivity contribution is 1.27. The smallest absolute Gasteiger partial charge is 0.0784 e. The molecule has 0 aliphatic heterocycles. The molecule has 2 rings (SSSR count). The van der Waals surface area contributed by atoms with E-state index in [9.17, 15) is 0 Å². The Morgan fingerprint density at radius 2 is 1.65 bits per heavy atom. The summed E-state index contributed by atoms with van der Waals surface area (Å²) in [4.78, 5) is 4.04. The van der Waals surface area contributed by atoms with Crippen LogP contribution in [0.5, 0.6) is 0 Å². The molecule has 5 heteroatoms. The van der Waals surface area contributed by atoms with Crippen molar-refractivity contribution < 1.29 is 0 Å². The van der Waals surface area contributed by atoms with Crippen LogP contribution in [0, 0.1) is 6.92 Å². The van der Waals surface area contributed by atoms with Crippen LogP contribution in [-0.4, -0.2) is 4.98 Å². The third kappa shape index (κ3) is 2.86. The fourth-order valence-corrected chi connectivity index (χ4v) is 2.15. The van der Waals surface area contributed by atoms with Crippen LogP contribution < -0.4 is 0 Å². The number of hydrogen-bond acceptors (Lipinski definition) is 1. The molecule has 0 bridgehead atoms. The lowest BCUT2D eigenvalue weighted by Gasteiger charge is -2.09. The SMILES string of the molecule is Cc1cnccc1-c1ccc(Cl)c(Cl)c1Cl.Cl. The van der Waals surface area contributed by atoms with E-state index in [2.05, 4.69) is 4.98 Å². The van der Waals surface area contributed by atoms with E-state index in [1.165, 1.54) is 0 Å². The van der Waals surface area contributed by atoms with Crippen LogP contribution in [0.2, 0.25) is 15.1 Å². The van der Waals surface area contributed by atoms with Crippen LogP contribution in [-0.2, 0) is 0 Å². The average molecular weight is 309 g/mol. The Morgan fingerprint density at radius 3 is 2.29 bits per heavy atom. The van der Waals surface area contributed by atoms with Gasteiger partial charge in [0, 0.05) is 18.0 Å². The maximum atomic E-state index is 6.17. The fourth-order valence-electron chi connectivity index (χ4n) is 1.51. The normalized spacial score (nSPS) is 9.88. The Morgan fingerprint density at radius 1 is 0.941 bits per heavy atom. The minimum absolute atomic E-state index is 0. The summed E-state index contributed by atoms with van der Waals surface area (Å²) < 4.78 is 0. The van der Waals surface area contributed by atoms with Gasteiger partial charge in [0.05, 0.1) is 15.1 Å². The molecule has 90 valence electrons. The van der Waals surface area contributed by atoms with Crippen LogP contribution in [0.15, 0.2) is 30.6 Å². The zero-order chi connectivity index (χ0) is 11.7. The van der Waals surface area contributed by atoms with Gasteiger partial charge in [-0.25, -0.2) is 0 Å². The first-order chi connectivity index (χ1) is 7.61. The zero-order valence-electron chi connectivity index (χ0n) is 8.88. The summed E-state index contributed by atoms with van der Waals surface area (Å²) in [6.07, 6.45) is 3.51. The number of aryl methyl sites for hydroxylation is 1. The average Bonchev–Trinajstić information content (AvgIpc) is 2.28. The minimum Gasteiger partial charge on any atom is -0.264 e. The summed E-state index contributed by atoms with van der Waals surface area (Å²) in [6, 6.07) is 5.50. The molecule has 0 saturated carbocycles. The van der Waals surface area contributed by atoms with Crippen molar-refractivity contribution in [2.75, 3.05) is 0 Å². The van der Waals surface area contributed by atoms with Crippen molar-refractivity contribution in [2.24, 2.45) is 0 Å². The van der Waals surface area contributed by atoms with Gasteiger partial charge in [-0.05, 0) is 30.2 Å². The summed E-state index contributed by atoms with van der Waals surface area (Å²) in [5.74, 6) is 0. The van der Waals surface area contributed by atoms with Crippen LogP contribution in [0.1, 0.15) is 5.56 Å². The standard InChI is InChI=1S/C12H8Cl3N.ClH/c1-7-6-16-5-4-8(7)9-2-3-10(13)12(15)11(9)14;/h2-6H,1H3;1H. The highest BCUT2D eigenvalue weighted by atomic mass is 35.5. The van der Waals surface area contributed by atoms with E-state index >= 15 is 0 Å². The molecule has 0 radical (unpaired) electrons. The lowest BCUT2D eigenvalue weighted by Crippen LogP contribution is -1.86. The van der Waals surface area contributed by atoms with E-state index in [1.54, 1.807) is 18.5 Å². The minimum atomic E-state index is 0. The Kier molecular flexibility index (Phi) is 5.08. The van der Waals surface area contributed by atoms with Crippen LogP contribution in [0.3, 0.4) is 0 Å². The molecule has 0 aliphatic rings. The largest absolute Gasteiger partial charge is 0.264 e. The third-order valence-electron chi connectivity index (χ3n) is 2.35. The fraction of sp³-hybridized carbons (Fsp3) is 0.0833. The highest BCUT2D eigenvalue weighted by Gasteiger charge is 2.11. The first-order valence-electron chi connectivity index (χ1n) is 4.65. The number of halogens is 4. The van der Waals surface area contributed by atoms with Gasteiger partial charge in [-0.15, -0.1) is 12.4 Å². The van der Waals surface area contributed by atoms with Gasteiger partial charge >= 0.3 is 0 Å². The van der Waals surface area contributed by atoms with Crippen LogP contribution in [0.4, 0.5) is 0 Å². The Hall–Kier alpha value is -0.470. The van der Waals surface area contributed by atoms with Crippen molar-refractivity contribution in [3.05, 3.63) is 51.2 Å². The van der Waals surface area contributed by atoms with Crippen LogP contribution >= 0.6 is 47.2 Å². The van der Waals surface area contributed by atoms with Crippen molar-refractivity contribution in [3.63, 3.8) is 0 Å². The number of rotatable bonds is 1. The second kappa shape index (κ2) is 5.92. The van der Waals surface area contributed by atoms with Gasteiger partial charge in [-0.3, -0.25) is 4.98 Å². The summed E-state index contributed by atoms with van der Waals surface area (Å²) in [5, 5.41) is 1.32. The summed E-state index contributed by atoms with van der Waals surface area (Å²) in [7, 11) is 0. The van der Waals surface area contributed by atoms with Crippen molar-refractivity contribution in [2.45, 2.75) is 6.92 Å². The van der Waals surface area contributed by atoms with Crippen molar-refractivity contribution in [3.8, 4) is 11.1 Å². The molecule has 0 amide bonds. The number of aromatic nitrogens is 1. The molecule has 17 heavy (non-hydrogen) atoms. The molecule has 0 unspecified atom stereocenters. The Bertz CT molecular complexity index is 540. The number of pyridine rings is 1. The second-order valence-corrected chi connectivity index (χ2v) is 4.58. The van der Waals surface area contributed by atoms with E-state index in [-0.39, 0.29) is 12.4 Å². The highest BCUT2D eigenvalue weighted by Crippen LogP contribution is 2.38. The number of nitrogens with zero attached hydrogens (tertiary/aromatic N) is 1. The molecule has 0 saturated heterocycles. The third-order valence-corrected chi connectivity index (χ3v) is 3.64. The molecule has 1 aromatic heterocycles. The highest BCUT2D eigenvalue weighted by molar-refractivity contribution is 6.49. The molecule has 0 spiro atoms. The first kappa shape index (κ1) is 14.6. The summed E-state index contributed by atoms with van der Waals surface area (Å²) >= 11 is 18.1. The lowest BCUT2D eigenvalue weighted by atomic mass is 10.0. The quantitative estimate of drug-likeness (QED) is 0.639. The number of hydrogen-bond donors (Lipinski definition) is 0. The van der Waals surface area contributed by atoms with Gasteiger partial charge in [0.2, 0.25) is 0 Å². The molecule has 1 aromatic carbocycles. The van der Waals surface area contributed by atoms with E-state index in [0.29, 0.717) is 15.1 Å². The first-order valence-corrected chi connectivity index (χ1v) is 5.79. The van der Waals surface area contributed by atoms with E-state index in [4.69, 9.17) is 34.8 Å². The second-order valence-electron chi connectivity index (χ2n) is 3.41. The topological polar surface area (TPSA) is 12.9 Å². The van der Waals surface area contributed by atoms with Gasteiger partial charge in [0.15, 0.2) is 0 Å². The van der Waals surface area contributed by atoms with E-state index < -0.39 is 0 Å². The molecule has 0 N–H and O–H groups in total. The number of benzene rings is 1. The van der Waals surface area contributed by atoms with Gasteiger partial charge in [-0.1, -0.05) is 40.9 Å². The zero-order valence-corrected chi connectivity index (χ0v) is 12.0. The van der Waals surface area contributed by atoms with Gasteiger partial charge < -0.3 is 0 Å². The van der Waals surface area contributed by atoms with Crippen LogP contribution in [0.25, 0.3) is 11.1 Å². The van der Waals surface area contributed by atoms with Gasteiger partial charge in [-0.2, -0.15) is 0 Å². The van der Waals surface area contributed by atoms with E-state index in [1.807, 2.05) is 19.1 Å². The predicted molar refractivity (Wildman–Crippen MR) is 76.7 cm³/mol. The van der Waals surface area contributed by atoms with Crippen molar-refractivity contribution >= 4 is 47.2 Å². The summed E-state index contributed by atoms with van der Waals surface area (Å²) in [6.45, 7) is 1.97.